The highest BCUT2D eigenvalue weighted by molar-refractivity contribution is 8.00. The molecule has 0 spiro atoms. The topological polar surface area (TPSA) is 29.9 Å². The van der Waals surface area contributed by atoms with Gasteiger partial charge in [0.1, 0.15) is 0 Å². The van der Waals surface area contributed by atoms with Gasteiger partial charge in [-0.1, -0.05) is 18.2 Å². The Bertz CT molecular complexity index is 571. The molecule has 0 saturated carbocycles. The summed E-state index contributed by atoms with van der Waals surface area (Å²) in [6.07, 6.45) is 4.77. The fraction of sp³-hybridized carbons (Fsp3) is 0.438. The molecule has 1 aromatic heterocycles. The van der Waals surface area contributed by atoms with Gasteiger partial charge in [-0.3, -0.25) is 0 Å². The number of imidazole rings is 1. The number of anilines is 2. The minimum atomic E-state index is 0.347. The molecule has 1 saturated heterocycles. The standard InChI is InChI=1S/C16H21N3S/c1-13-11-19(12-16(2)9-6-10-20-16)15(17-13)18-14-7-4-3-5-8-14/h3-5,7-8,11H,6,9-10,12H2,1-2H3,(H,17,18). The lowest BCUT2D eigenvalue weighted by atomic mass is 10.1. The lowest BCUT2D eigenvalue weighted by Gasteiger charge is -2.24. The summed E-state index contributed by atoms with van der Waals surface area (Å²) in [6, 6.07) is 10.2. The molecule has 106 valence electrons. The molecule has 1 aliphatic rings. The average Bonchev–Trinajstić information content (AvgIpc) is 2.98. The van der Waals surface area contributed by atoms with E-state index in [1.165, 1.54) is 18.6 Å². The van der Waals surface area contributed by atoms with Crippen LogP contribution in [0.25, 0.3) is 0 Å². The van der Waals surface area contributed by atoms with Gasteiger partial charge in [-0.05, 0) is 44.6 Å². The number of nitrogens with zero attached hydrogens (tertiary/aromatic N) is 2. The number of thioether (sulfide) groups is 1. The Morgan fingerprint density at radius 2 is 2.15 bits per heavy atom. The van der Waals surface area contributed by atoms with E-state index in [1.54, 1.807) is 0 Å². The fourth-order valence-electron chi connectivity index (χ4n) is 2.74. The molecule has 1 atom stereocenters. The van der Waals surface area contributed by atoms with E-state index in [0.29, 0.717) is 4.75 Å². The van der Waals surface area contributed by atoms with E-state index < -0.39 is 0 Å². The monoisotopic (exact) mass is 287 g/mol. The Morgan fingerprint density at radius 3 is 2.85 bits per heavy atom. The first kappa shape index (κ1) is 13.6. The zero-order valence-electron chi connectivity index (χ0n) is 12.1. The lowest BCUT2D eigenvalue weighted by molar-refractivity contribution is 0.514. The highest BCUT2D eigenvalue weighted by Gasteiger charge is 2.30. The molecule has 2 heterocycles. The first-order valence-electron chi connectivity index (χ1n) is 7.14. The highest BCUT2D eigenvalue weighted by atomic mass is 32.2. The predicted molar refractivity (Wildman–Crippen MR) is 86.8 cm³/mol. The van der Waals surface area contributed by atoms with Crippen molar-refractivity contribution < 1.29 is 0 Å². The molecular formula is C16H21N3S. The Labute approximate surface area is 124 Å². The maximum Gasteiger partial charge on any atom is 0.207 e. The van der Waals surface area contributed by atoms with Gasteiger partial charge in [0.2, 0.25) is 5.95 Å². The average molecular weight is 287 g/mol. The van der Waals surface area contributed by atoms with Gasteiger partial charge < -0.3 is 9.88 Å². The fourth-order valence-corrected chi connectivity index (χ4v) is 4.04. The molecule has 1 N–H and O–H groups in total. The van der Waals surface area contributed by atoms with E-state index in [2.05, 4.69) is 58.8 Å². The van der Waals surface area contributed by atoms with Gasteiger partial charge in [0.15, 0.2) is 0 Å². The largest absolute Gasteiger partial charge is 0.326 e. The number of nitrogens with one attached hydrogen (secondary N) is 1. The quantitative estimate of drug-likeness (QED) is 0.913. The van der Waals surface area contributed by atoms with Crippen LogP contribution in [0.3, 0.4) is 0 Å². The van der Waals surface area contributed by atoms with Crippen LogP contribution in [0.5, 0.6) is 0 Å². The molecular weight excluding hydrogens is 266 g/mol. The molecule has 3 rings (SSSR count). The number of aromatic nitrogens is 2. The smallest absolute Gasteiger partial charge is 0.207 e. The van der Waals surface area contributed by atoms with Crippen molar-refractivity contribution in [2.45, 2.75) is 38.0 Å². The number of para-hydroxylation sites is 1. The summed E-state index contributed by atoms with van der Waals surface area (Å²) in [6.45, 7) is 5.44. The Hall–Kier alpha value is -1.42. The Balaban J connectivity index is 1.81. The molecule has 0 aliphatic carbocycles. The van der Waals surface area contributed by atoms with E-state index in [0.717, 1.165) is 23.9 Å². The lowest BCUT2D eigenvalue weighted by Crippen LogP contribution is -2.24. The van der Waals surface area contributed by atoms with E-state index in [4.69, 9.17) is 0 Å². The van der Waals surface area contributed by atoms with Crippen LogP contribution in [0.15, 0.2) is 36.5 Å². The molecule has 2 aromatic rings. The van der Waals surface area contributed by atoms with Gasteiger partial charge in [-0.15, -0.1) is 0 Å². The summed E-state index contributed by atoms with van der Waals surface area (Å²) >= 11 is 2.09. The van der Waals surface area contributed by atoms with Gasteiger partial charge in [0.05, 0.1) is 5.69 Å². The van der Waals surface area contributed by atoms with Crippen molar-refractivity contribution in [3.8, 4) is 0 Å². The predicted octanol–water partition coefficient (Wildman–Crippen LogP) is 4.22. The molecule has 0 amide bonds. The molecule has 0 radical (unpaired) electrons. The number of aryl methyl sites for hydroxylation is 1. The summed E-state index contributed by atoms with van der Waals surface area (Å²) in [5.41, 5.74) is 2.15. The van der Waals surface area contributed by atoms with Crippen LogP contribution in [-0.2, 0) is 6.54 Å². The minimum Gasteiger partial charge on any atom is -0.326 e. The SMILES string of the molecule is Cc1cn(CC2(C)CCCS2)c(Nc2ccccc2)n1. The second-order valence-electron chi connectivity index (χ2n) is 5.73. The third-order valence-electron chi connectivity index (χ3n) is 3.73. The van der Waals surface area contributed by atoms with Gasteiger partial charge in [0, 0.05) is 23.2 Å². The highest BCUT2D eigenvalue weighted by Crippen LogP contribution is 2.39. The molecule has 1 unspecified atom stereocenters. The van der Waals surface area contributed by atoms with Gasteiger partial charge in [-0.25, -0.2) is 4.98 Å². The summed E-state index contributed by atoms with van der Waals surface area (Å²) < 4.78 is 2.61. The van der Waals surface area contributed by atoms with Crippen molar-refractivity contribution in [2.24, 2.45) is 0 Å². The van der Waals surface area contributed by atoms with Crippen molar-refractivity contribution in [2.75, 3.05) is 11.1 Å². The normalized spacial score (nSPS) is 22.1. The first-order valence-corrected chi connectivity index (χ1v) is 8.13. The van der Waals surface area contributed by atoms with Crippen molar-refractivity contribution in [1.82, 2.24) is 9.55 Å². The van der Waals surface area contributed by atoms with Crippen LogP contribution in [0.2, 0.25) is 0 Å². The molecule has 1 aliphatic heterocycles. The van der Waals surface area contributed by atoms with Crippen molar-refractivity contribution >= 4 is 23.4 Å². The molecule has 20 heavy (non-hydrogen) atoms. The van der Waals surface area contributed by atoms with Crippen LogP contribution in [-0.4, -0.2) is 20.1 Å². The molecule has 4 heteroatoms. The van der Waals surface area contributed by atoms with Crippen LogP contribution in [0, 0.1) is 6.92 Å². The van der Waals surface area contributed by atoms with E-state index in [9.17, 15) is 0 Å². The molecule has 1 fully saturated rings. The van der Waals surface area contributed by atoms with Gasteiger partial charge in [0.25, 0.3) is 0 Å². The van der Waals surface area contributed by atoms with Crippen LogP contribution in [0.1, 0.15) is 25.5 Å². The van der Waals surface area contributed by atoms with Gasteiger partial charge >= 0.3 is 0 Å². The molecule has 3 nitrogen and oxygen atoms in total. The number of benzene rings is 1. The third-order valence-corrected chi connectivity index (χ3v) is 5.26. The zero-order chi connectivity index (χ0) is 14.0. The van der Waals surface area contributed by atoms with Crippen LogP contribution < -0.4 is 5.32 Å². The first-order chi connectivity index (χ1) is 9.65. The van der Waals surface area contributed by atoms with E-state index in [1.807, 2.05) is 18.2 Å². The van der Waals surface area contributed by atoms with Crippen LogP contribution >= 0.6 is 11.8 Å². The number of rotatable bonds is 4. The molecule has 1 aromatic carbocycles. The third kappa shape index (κ3) is 3.01. The Morgan fingerprint density at radius 1 is 1.35 bits per heavy atom. The summed E-state index contributed by atoms with van der Waals surface area (Å²) in [5, 5.41) is 3.43. The summed E-state index contributed by atoms with van der Waals surface area (Å²) in [5.74, 6) is 2.23. The zero-order valence-corrected chi connectivity index (χ0v) is 12.9. The van der Waals surface area contributed by atoms with Gasteiger partial charge in [-0.2, -0.15) is 11.8 Å². The van der Waals surface area contributed by atoms with Crippen molar-refractivity contribution in [3.63, 3.8) is 0 Å². The number of hydrogen-bond donors (Lipinski definition) is 1. The van der Waals surface area contributed by atoms with E-state index >= 15 is 0 Å². The number of hydrogen-bond acceptors (Lipinski definition) is 3. The molecule has 0 bridgehead atoms. The summed E-state index contributed by atoms with van der Waals surface area (Å²) in [7, 11) is 0. The van der Waals surface area contributed by atoms with Crippen molar-refractivity contribution in [3.05, 3.63) is 42.2 Å². The van der Waals surface area contributed by atoms with Crippen LogP contribution in [0.4, 0.5) is 11.6 Å². The van der Waals surface area contributed by atoms with Crippen molar-refractivity contribution in [1.29, 1.82) is 0 Å². The second kappa shape index (κ2) is 5.52. The van der Waals surface area contributed by atoms with E-state index in [-0.39, 0.29) is 0 Å². The Kier molecular flexibility index (Phi) is 3.74. The maximum atomic E-state index is 4.62. The second-order valence-corrected chi connectivity index (χ2v) is 7.41. The summed E-state index contributed by atoms with van der Waals surface area (Å²) in [4.78, 5) is 4.62. The minimum absolute atomic E-state index is 0.347. The maximum absolute atomic E-state index is 4.62.